The summed E-state index contributed by atoms with van der Waals surface area (Å²) in [5.41, 5.74) is 3.71. The Balaban J connectivity index is 1.53. The van der Waals surface area contributed by atoms with Crippen LogP contribution in [0.5, 0.6) is 11.5 Å². The van der Waals surface area contributed by atoms with E-state index < -0.39 is 0 Å². The number of aldehydes is 1. The van der Waals surface area contributed by atoms with Crippen molar-refractivity contribution in [3.63, 3.8) is 0 Å². The number of benzene rings is 3. The van der Waals surface area contributed by atoms with Crippen LogP contribution in [0, 0.1) is 11.7 Å². The highest BCUT2D eigenvalue weighted by atomic mass is 19.1. The molecule has 1 N–H and O–H groups in total. The molecule has 0 bridgehead atoms. The number of fused-ring (bicyclic) bond motifs is 1. The molecule has 0 unspecified atom stereocenters. The van der Waals surface area contributed by atoms with E-state index in [0.717, 1.165) is 36.2 Å². The maximum absolute atomic E-state index is 14.7. The highest BCUT2D eigenvalue weighted by Crippen LogP contribution is 2.47. The minimum Gasteiger partial charge on any atom is -0.508 e. The quantitative estimate of drug-likeness (QED) is 0.653. The van der Waals surface area contributed by atoms with Crippen molar-refractivity contribution < 1.29 is 19.0 Å². The van der Waals surface area contributed by atoms with Crippen molar-refractivity contribution >= 4 is 12.0 Å². The molecule has 0 amide bonds. The minimum absolute atomic E-state index is 0.0978. The van der Waals surface area contributed by atoms with Crippen LogP contribution in [0.4, 0.5) is 10.1 Å². The Kier molecular flexibility index (Phi) is 4.66. The van der Waals surface area contributed by atoms with Crippen LogP contribution in [0.1, 0.15) is 28.5 Å². The molecular weight excluding hydrogens is 381 g/mol. The largest absolute Gasteiger partial charge is 0.508 e. The van der Waals surface area contributed by atoms with Gasteiger partial charge in [0.05, 0.1) is 6.61 Å². The van der Waals surface area contributed by atoms with Crippen molar-refractivity contribution in [1.82, 2.24) is 0 Å². The number of hydrogen-bond acceptors (Lipinski definition) is 4. The van der Waals surface area contributed by atoms with E-state index >= 15 is 0 Å². The predicted octanol–water partition coefficient (Wildman–Crippen LogP) is 4.47. The molecule has 2 aliphatic heterocycles. The van der Waals surface area contributed by atoms with Crippen LogP contribution >= 0.6 is 0 Å². The average molecular weight is 403 g/mol. The van der Waals surface area contributed by atoms with Gasteiger partial charge < -0.3 is 19.5 Å². The van der Waals surface area contributed by atoms with Gasteiger partial charge in [0.1, 0.15) is 23.6 Å². The van der Waals surface area contributed by atoms with Crippen LogP contribution in [-0.2, 0) is 4.79 Å². The number of rotatable bonds is 4. The Bertz CT molecular complexity index is 1080. The summed E-state index contributed by atoms with van der Waals surface area (Å²) in [6.07, 6.45) is 1.01. The molecule has 0 aliphatic carbocycles. The number of phenolic OH excluding ortho intramolecular Hbond substituents is 1. The van der Waals surface area contributed by atoms with Crippen LogP contribution in [0.3, 0.4) is 0 Å². The molecule has 1 saturated heterocycles. The third kappa shape index (κ3) is 3.20. The first-order chi connectivity index (χ1) is 14.6. The average Bonchev–Trinajstić information content (AvgIpc) is 2.73. The van der Waals surface area contributed by atoms with E-state index in [1.165, 1.54) is 6.07 Å². The first-order valence-electron chi connectivity index (χ1n) is 10.1. The number of carbonyl (C=O) groups is 1. The van der Waals surface area contributed by atoms with Crippen molar-refractivity contribution in [1.29, 1.82) is 0 Å². The fraction of sp³-hybridized carbons (Fsp3) is 0.240. The molecule has 2 heterocycles. The zero-order valence-electron chi connectivity index (χ0n) is 16.4. The number of nitrogens with zero attached hydrogens (tertiary/aromatic N) is 1. The molecule has 3 aromatic rings. The van der Waals surface area contributed by atoms with Crippen LogP contribution in [0.2, 0.25) is 0 Å². The molecule has 0 radical (unpaired) electrons. The molecule has 0 saturated carbocycles. The highest BCUT2D eigenvalue weighted by Gasteiger charge is 2.35. The molecule has 5 rings (SSSR count). The lowest BCUT2D eigenvalue weighted by molar-refractivity contribution is -0.111. The molecule has 2 aliphatic rings. The Morgan fingerprint density at radius 2 is 1.77 bits per heavy atom. The fourth-order valence-electron chi connectivity index (χ4n) is 4.56. The lowest BCUT2D eigenvalue weighted by Crippen LogP contribution is -2.47. The molecule has 30 heavy (non-hydrogen) atoms. The van der Waals surface area contributed by atoms with Crippen LogP contribution < -0.4 is 9.64 Å². The van der Waals surface area contributed by atoms with Gasteiger partial charge in [0, 0.05) is 48.2 Å². The van der Waals surface area contributed by atoms with Crippen molar-refractivity contribution in [3.8, 4) is 11.5 Å². The Morgan fingerprint density at radius 1 is 1.00 bits per heavy atom. The maximum Gasteiger partial charge on any atom is 0.126 e. The Morgan fingerprint density at radius 3 is 2.50 bits per heavy atom. The molecule has 2 atom stereocenters. The van der Waals surface area contributed by atoms with E-state index in [1.807, 2.05) is 18.2 Å². The minimum atomic E-state index is -0.240. The zero-order valence-corrected chi connectivity index (χ0v) is 16.4. The third-order valence-electron chi connectivity index (χ3n) is 6.18. The molecule has 1 fully saturated rings. The van der Waals surface area contributed by atoms with E-state index in [1.54, 1.807) is 18.2 Å². The van der Waals surface area contributed by atoms with E-state index in [2.05, 4.69) is 29.2 Å². The van der Waals surface area contributed by atoms with E-state index in [4.69, 9.17) is 4.74 Å². The third-order valence-corrected chi connectivity index (χ3v) is 6.18. The predicted molar refractivity (Wildman–Crippen MR) is 113 cm³/mol. The van der Waals surface area contributed by atoms with Crippen molar-refractivity contribution in [2.24, 2.45) is 5.92 Å². The number of ether oxygens (including phenoxy) is 1. The van der Waals surface area contributed by atoms with Crippen LogP contribution in [0.25, 0.3) is 0 Å². The summed E-state index contributed by atoms with van der Waals surface area (Å²) in [6.45, 7) is 1.83. The number of anilines is 1. The summed E-state index contributed by atoms with van der Waals surface area (Å²) in [5.74, 6) is 0.375. The van der Waals surface area contributed by atoms with E-state index in [0.29, 0.717) is 17.9 Å². The van der Waals surface area contributed by atoms with Gasteiger partial charge in [-0.3, -0.25) is 0 Å². The SMILES string of the molecule is O=CC1CN(c2ccc([C@H]3c4ccc(O)cc4OC[C@H]3c3ccccc3F)cc2)C1. The zero-order chi connectivity index (χ0) is 20.7. The first-order valence-corrected chi connectivity index (χ1v) is 10.1. The van der Waals surface area contributed by atoms with Gasteiger partial charge in [-0.1, -0.05) is 36.4 Å². The second kappa shape index (κ2) is 7.48. The highest BCUT2D eigenvalue weighted by molar-refractivity contribution is 5.63. The summed E-state index contributed by atoms with van der Waals surface area (Å²) in [7, 11) is 0. The number of carbonyl (C=O) groups excluding carboxylic acids is 1. The fourth-order valence-corrected chi connectivity index (χ4v) is 4.56. The van der Waals surface area contributed by atoms with Crippen molar-refractivity contribution in [3.05, 3.63) is 89.2 Å². The molecule has 0 aromatic heterocycles. The van der Waals surface area contributed by atoms with Gasteiger partial charge in [0.2, 0.25) is 0 Å². The number of hydrogen-bond donors (Lipinski definition) is 1. The first kappa shape index (κ1) is 18.7. The number of halogens is 1. The lowest BCUT2D eigenvalue weighted by atomic mass is 9.75. The summed E-state index contributed by atoms with van der Waals surface area (Å²) in [5, 5.41) is 9.87. The lowest BCUT2D eigenvalue weighted by Gasteiger charge is -2.38. The summed E-state index contributed by atoms with van der Waals surface area (Å²) in [6, 6.07) is 20.2. The monoisotopic (exact) mass is 403 g/mol. The molecule has 3 aromatic carbocycles. The van der Waals surface area contributed by atoms with Gasteiger partial charge >= 0.3 is 0 Å². The summed E-state index contributed by atoms with van der Waals surface area (Å²) >= 11 is 0. The molecular formula is C25H22FNO3. The Hall–Kier alpha value is -3.34. The van der Waals surface area contributed by atoms with Gasteiger partial charge in [-0.2, -0.15) is 0 Å². The van der Waals surface area contributed by atoms with Gasteiger partial charge in [0.25, 0.3) is 0 Å². The maximum atomic E-state index is 14.7. The molecule has 4 nitrogen and oxygen atoms in total. The Labute approximate surface area is 174 Å². The molecule has 0 spiro atoms. The normalized spacial score (nSPS) is 20.8. The molecule has 5 heteroatoms. The molecule has 152 valence electrons. The number of phenols is 1. The van der Waals surface area contributed by atoms with Crippen LogP contribution in [-0.4, -0.2) is 31.1 Å². The van der Waals surface area contributed by atoms with E-state index in [9.17, 15) is 14.3 Å². The standard InChI is InChI=1S/C25H22FNO3/c26-23-4-2-1-3-20(23)22-15-30-24-11-19(29)9-10-21(24)25(22)17-5-7-18(8-6-17)27-12-16(13-27)14-28/h1-11,14,16,22,25,29H,12-13,15H2/t22-,25-/m0/s1. The second-order valence-corrected chi connectivity index (χ2v) is 8.03. The van der Waals surface area contributed by atoms with Crippen molar-refractivity contribution in [2.45, 2.75) is 11.8 Å². The van der Waals surface area contributed by atoms with E-state index in [-0.39, 0.29) is 29.3 Å². The van der Waals surface area contributed by atoms with Gasteiger partial charge in [-0.05, 0) is 35.4 Å². The summed E-state index contributed by atoms with van der Waals surface area (Å²) in [4.78, 5) is 13.1. The second-order valence-electron chi connectivity index (χ2n) is 8.03. The van der Waals surface area contributed by atoms with Gasteiger partial charge in [0.15, 0.2) is 0 Å². The van der Waals surface area contributed by atoms with Crippen LogP contribution in [0.15, 0.2) is 66.7 Å². The summed E-state index contributed by atoms with van der Waals surface area (Å²) < 4.78 is 20.6. The van der Waals surface area contributed by atoms with Gasteiger partial charge in [-0.25, -0.2) is 4.39 Å². The number of aromatic hydroxyl groups is 1. The topological polar surface area (TPSA) is 49.8 Å². The smallest absolute Gasteiger partial charge is 0.126 e. The van der Waals surface area contributed by atoms with Crippen molar-refractivity contribution in [2.75, 3.05) is 24.6 Å². The van der Waals surface area contributed by atoms with Gasteiger partial charge in [-0.15, -0.1) is 0 Å².